The van der Waals surface area contributed by atoms with Gasteiger partial charge in [-0.2, -0.15) is 4.98 Å². The Bertz CT molecular complexity index is 552. The third kappa shape index (κ3) is 2.82. The zero-order valence-electron chi connectivity index (χ0n) is 10.1. The van der Waals surface area contributed by atoms with Crippen LogP contribution >= 0.6 is 0 Å². The molecule has 0 aliphatic heterocycles. The number of rotatable bonds is 4. The van der Waals surface area contributed by atoms with Crippen molar-refractivity contribution in [3.05, 3.63) is 35.6 Å². The molecule has 1 amide bonds. The van der Waals surface area contributed by atoms with Gasteiger partial charge in [0.1, 0.15) is 11.5 Å². The number of amides is 1. The summed E-state index contributed by atoms with van der Waals surface area (Å²) in [4.78, 5) is 19.9. The molecule has 2 aromatic rings. The van der Waals surface area contributed by atoms with Gasteiger partial charge < -0.3 is 15.2 Å². The fourth-order valence-corrected chi connectivity index (χ4v) is 1.36. The minimum absolute atomic E-state index is 0.186. The van der Waals surface area contributed by atoms with Gasteiger partial charge in [0.2, 0.25) is 5.89 Å². The lowest BCUT2D eigenvalue weighted by Gasteiger charge is -2.03. The van der Waals surface area contributed by atoms with Crippen LogP contribution in [0.4, 0.5) is 5.82 Å². The molecular weight excluding hydrogens is 234 g/mol. The Morgan fingerprint density at radius 1 is 1.39 bits per heavy atom. The molecule has 2 N–H and O–H groups in total. The number of hydrogen-bond acceptors (Lipinski definition) is 6. The Morgan fingerprint density at radius 2 is 2.22 bits per heavy atom. The Kier molecular flexibility index (Phi) is 3.52. The second kappa shape index (κ2) is 5.26. The standard InChI is InChI=1S/C11H13N5O2/c1-7-14-10(18-16-7)6-13-11(17)8-4-3-5-9(12-2)15-8/h3-5H,6H2,1-2H3,(H,12,15)(H,13,17). The lowest BCUT2D eigenvalue weighted by molar-refractivity contribution is 0.0941. The molecule has 18 heavy (non-hydrogen) atoms. The van der Waals surface area contributed by atoms with Crippen molar-refractivity contribution in [2.45, 2.75) is 13.5 Å². The average molecular weight is 247 g/mol. The molecule has 2 heterocycles. The van der Waals surface area contributed by atoms with Crippen LogP contribution in [0.25, 0.3) is 0 Å². The number of anilines is 1. The Hall–Kier alpha value is -2.44. The summed E-state index contributed by atoms with van der Waals surface area (Å²) in [5.41, 5.74) is 0.332. The molecule has 0 aromatic carbocycles. The van der Waals surface area contributed by atoms with Crippen molar-refractivity contribution in [3.8, 4) is 0 Å². The third-order valence-corrected chi connectivity index (χ3v) is 2.21. The molecule has 0 radical (unpaired) electrons. The van der Waals surface area contributed by atoms with Crippen LogP contribution in [0.1, 0.15) is 22.2 Å². The van der Waals surface area contributed by atoms with Crippen molar-refractivity contribution >= 4 is 11.7 Å². The Morgan fingerprint density at radius 3 is 2.89 bits per heavy atom. The second-order valence-electron chi connectivity index (χ2n) is 3.58. The van der Waals surface area contributed by atoms with E-state index in [1.54, 1.807) is 32.2 Å². The van der Waals surface area contributed by atoms with Crippen LogP contribution < -0.4 is 10.6 Å². The molecule has 2 aromatic heterocycles. The van der Waals surface area contributed by atoms with Gasteiger partial charge in [-0.1, -0.05) is 11.2 Å². The summed E-state index contributed by atoms with van der Waals surface area (Å²) in [6.07, 6.45) is 0. The van der Waals surface area contributed by atoms with Gasteiger partial charge in [0.15, 0.2) is 5.82 Å². The number of carbonyl (C=O) groups excluding carboxylic acids is 1. The van der Waals surface area contributed by atoms with Gasteiger partial charge in [0.25, 0.3) is 5.91 Å². The van der Waals surface area contributed by atoms with Crippen molar-refractivity contribution in [3.63, 3.8) is 0 Å². The van der Waals surface area contributed by atoms with Crippen molar-refractivity contribution in [2.75, 3.05) is 12.4 Å². The van der Waals surface area contributed by atoms with E-state index in [-0.39, 0.29) is 12.5 Å². The van der Waals surface area contributed by atoms with Gasteiger partial charge in [-0.05, 0) is 19.1 Å². The van der Waals surface area contributed by atoms with E-state index in [0.717, 1.165) is 0 Å². The quantitative estimate of drug-likeness (QED) is 0.828. The summed E-state index contributed by atoms with van der Waals surface area (Å²) in [7, 11) is 1.74. The molecule has 0 aliphatic rings. The number of aryl methyl sites for hydroxylation is 1. The number of nitrogens with one attached hydrogen (secondary N) is 2. The van der Waals surface area contributed by atoms with Crippen molar-refractivity contribution in [1.29, 1.82) is 0 Å². The number of carbonyl (C=O) groups is 1. The van der Waals surface area contributed by atoms with E-state index in [1.165, 1.54) is 0 Å². The first kappa shape index (κ1) is 12.0. The van der Waals surface area contributed by atoms with E-state index < -0.39 is 0 Å². The van der Waals surface area contributed by atoms with E-state index in [9.17, 15) is 4.79 Å². The molecule has 0 atom stereocenters. The molecule has 0 saturated heterocycles. The maximum absolute atomic E-state index is 11.8. The number of pyridine rings is 1. The molecule has 0 saturated carbocycles. The first-order valence-corrected chi connectivity index (χ1v) is 5.41. The van der Waals surface area contributed by atoms with Gasteiger partial charge in [-0.25, -0.2) is 4.98 Å². The maximum atomic E-state index is 11.8. The molecule has 7 heteroatoms. The van der Waals surface area contributed by atoms with Gasteiger partial charge in [-0.3, -0.25) is 4.79 Å². The third-order valence-electron chi connectivity index (χ3n) is 2.21. The van der Waals surface area contributed by atoms with Crippen LogP contribution in [0.5, 0.6) is 0 Å². The fourth-order valence-electron chi connectivity index (χ4n) is 1.36. The van der Waals surface area contributed by atoms with Crippen LogP contribution in [0.2, 0.25) is 0 Å². The SMILES string of the molecule is CNc1cccc(C(=O)NCc2nc(C)no2)n1. The monoisotopic (exact) mass is 247 g/mol. The summed E-state index contributed by atoms with van der Waals surface area (Å²) >= 11 is 0. The highest BCUT2D eigenvalue weighted by Gasteiger charge is 2.09. The first-order valence-electron chi connectivity index (χ1n) is 5.41. The highest BCUT2D eigenvalue weighted by Crippen LogP contribution is 2.04. The van der Waals surface area contributed by atoms with E-state index in [0.29, 0.717) is 23.2 Å². The van der Waals surface area contributed by atoms with Crippen molar-refractivity contribution in [2.24, 2.45) is 0 Å². The minimum Gasteiger partial charge on any atom is -0.373 e. The lowest BCUT2D eigenvalue weighted by Crippen LogP contribution is -2.24. The van der Waals surface area contributed by atoms with Crippen LogP contribution in [-0.4, -0.2) is 28.1 Å². The first-order chi connectivity index (χ1) is 8.69. The number of nitrogens with zero attached hydrogens (tertiary/aromatic N) is 3. The molecule has 2 rings (SSSR count). The largest absolute Gasteiger partial charge is 0.373 e. The molecule has 0 unspecified atom stereocenters. The minimum atomic E-state index is -0.289. The summed E-state index contributed by atoms with van der Waals surface area (Å²) < 4.78 is 4.89. The van der Waals surface area contributed by atoms with Crippen molar-refractivity contribution in [1.82, 2.24) is 20.4 Å². The highest BCUT2D eigenvalue weighted by atomic mass is 16.5. The molecule has 0 aliphatic carbocycles. The fraction of sp³-hybridized carbons (Fsp3) is 0.273. The summed E-state index contributed by atoms with van der Waals surface area (Å²) in [5.74, 6) is 1.25. The van der Waals surface area contributed by atoms with Crippen LogP contribution in [0, 0.1) is 6.92 Å². The zero-order chi connectivity index (χ0) is 13.0. The van der Waals surface area contributed by atoms with Gasteiger partial charge in [0.05, 0.1) is 6.54 Å². The van der Waals surface area contributed by atoms with Crippen LogP contribution in [0.3, 0.4) is 0 Å². The molecular formula is C11H13N5O2. The average Bonchev–Trinajstić information content (AvgIpc) is 2.82. The second-order valence-corrected chi connectivity index (χ2v) is 3.58. The number of aromatic nitrogens is 3. The summed E-state index contributed by atoms with van der Waals surface area (Å²) in [5, 5.41) is 9.15. The highest BCUT2D eigenvalue weighted by molar-refractivity contribution is 5.92. The normalized spacial score (nSPS) is 10.1. The lowest BCUT2D eigenvalue weighted by atomic mass is 10.3. The maximum Gasteiger partial charge on any atom is 0.270 e. The predicted molar refractivity (Wildman–Crippen MR) is 64.0 cm³/mol. The van der Waals surface area contributed by atoms with E-state index in [1.807, 2.05) is 0 Å². The molecule has 94 valence electrons. The van der Waals surface area contributed by atoms with Gasteiger partial charge >= 0.3 is 0 Å². The van der Waals surface area contributed by atoms with Gasteiger partial charge in [0, 0.05) is 7.05 Å². The van der Waals surface area contributed by atoms with E-state index in [4.69, 9.17) is 4.52 Å². The molecule has 0 fully saturated rings. The summed E-state index contributed by atoms with van der Waals surface area (Å²) in [6, 6.07) is 5.16. The topological polar surface area (TPSA) is 92.9 Å². The Labute approximate surface area is 104 Å². The Balaban J connectivity index is 1.99. The predicted octanol–water partition coefficient (Wildman–Crippen LogP) is 0.745. The van der Waals surface area contributed by atoms with Crippen LogP contribution in [0.15, 0.2) is 22.7 Å². The van der Waals surface area contributed by atoms with Crippen molar-refractivity contribution < 1.29 is 9.32 Å². The van der Waals surface area contributed by atoms with Crippen LogP contribution in [-0.2, 0) is 6.54 Å². The van der Waals surface area contributed by atoms with E-state index in [2.05, 4.69) is 25.8 Å². The smallest absolute Gasteiger partial charge is 0.270 e. The molecule has 7 nitrogen and oxygen atoms in total. The number of hydrogen-bond donors (Lipinski definition) is 2. The molecule has 0 bridgehead atoms. The summed E-state index contributed by atoms with van der Waals surface area (Å²) in [6.45, 7) is 1.90. The zero-order valence-corrected chi connectivity index (χ0v) is 10.1. The van der Waals surface area contributed by atoms with Gasteiger partial charge in [-0.15, -0.1) is 0 Å². The molecule has 0 spiro atoms. The van der Waals surface area contributed by atoms with E-state index >= 15 is 0 Å².